The molecule has 1 aliphatic carbocycles. The van der Waals surface area contributed by atoms with Crippen LogP contribution in [0.5, 0.6) is 5.75 Å². The molecule has 5 fully saturated rings. The Morgan fingerprint density at radius 2 is 1.98 bits per heavy atom. The molecule has 1 saturated carbocycles. The molecule has 7 rings (SSSR count). The summed E-state index contributed by atoms with van der Waals surface area (Å²) in [5.41, 5.74) is 1.04. The van der Waals surface area contributed by atoms with Crippen LogP contribution in [0.2, 0.25) is 0 Å². The summed E-state index contributed by atoms with van der Waals surface area (Å²) in [5, 5.41) is 2.86. The van der Waals surface area contributed by atoms with Gasteiger partial charge in [-0.05, 0) is 64.0 Å². The number of hydrogen-bond acceptors (Lipinski definition) is 10. The Bertz CT molecular complexity index is 1380. The van der Waals surface area contributed by atoms with Crippen molar-refractivity contribution in [2.75, 3.05) is 25.1 Å². The van der Waals surface area contributed by atoms with Crippen LogP contribution < -0.4 is 10.1 Å². The number of fused-ring (bicyclic) bond motifs is 2. The molecular weight excluding hydrogens is 582 g/mol. The van der Waals surface area contributed by atoms with Crippen molar-refractivity contribution in [2.45, 2.75) is 97.2 Å². The molecule has 4 aliphatic heterocycles. The first-order chi connectivity index (χ1) is 21.6. The maximum absolute atomic E-state index is 12.6. The molecule has 4 saturated heterocycles. The van der Waals surface area contributed by atoms with Gasteiger partial charge in [-0.15, -0.1) is 0 Å². The third kappa shape index (κ3) is 6.23. The minimum Gasteiger partial charge on any atom is -0.493 e. The molecule has 1 aromatic carbocycles. The number of aryl methyl sites for hydroxylation is 1. The molecular formula is C33H45N3O9. The van der Waals surface area contributed by atoms with E-state index in [4.69, 9.17) is 33.5 Å². The molecule has 12 heteroatoms. The van der Waals surface area contributed by atoms with Gasteiger partial charge in [-0.3, -0.25) is 4.79 Å². The summed E-state index contributed by atoms with van der Waals surface area (Å²) in [7, 11) is 0. The fraction of sp³-hybridized carbons (Fsp3) is 0.667. The standard InChI is InChI=1S/C33H45N3O9/c1-6-39-29(38)24-10-9-23(35-28(37)18-36-19-34-17-21(36)3)16-27(24)40-14-7-15-41-30-22(4)26-11-8-20(2)25-12-13-32(5)43-31(42-30)33(25,26)45-44-32/h9-10,16-17,19-20,22,25-26,30-31H,6-8,11-15,18H2,1-5H3,(H,35,37)/t20-,22-,25?,26+,30+,31-,32-,33-/m1/s1. The predicted octanol–water partition coefficient (Wildman–Crippen LogP) is 5.00. The molecule has 1 aromatic heterocycles. The fourth-order valence-electron chi connectivity index (χ4n) is 7.51. The van der Waals surface area contributed by atoms with Gasteiger partial charge in [0.25, 0.3) is 0 Å². The van der Waals surface area contributed by atoms with Gasteiger partial charge in [0.1, 0.15) is 17.9 Å². The molecule has 5 aliphatic rings. The van der Waals surface area contributed by atoms with Gasteiger partial charge in [0, 0.05) is 48.3 Å². The number of hydrogen-bond donors (Lipinski definition) is 1. The number of carbonyl (C=O) groups is 2. The van der Waals surface area contributed by atoms with Gasteiger partial charge >= 0.3 is 5.97 Å². The summed E-state index contributed by atoms with van der Waals surface area (Å²) in [4.78, 5) is 41.4. The van der Waals surface area contributed by atoms with Crippen molar-refractivity contribution in [1.82, 2.24) is 9.55 Å². The van der Waals surface area contributed by atoms with E-state index in [1.165, 1.54) is 0 Å². The van der Waals surface area contributed by atoms with Crippen molar-refractivity contribution in [2.24, 2.45) is 23.7 Å². The highest BCUT2D eigenvalue weighted by Crippen LogP contribution is 2.60. The quantitative estimate of drug-likeness (QED) is 0.206. The number of nitrogens with zero attached hydrogens (tertiary/aromatic N) is 2. The third-order valence-electron chi connectivity index (χ3n) is 9.92. The second-order valence-corrected chi connectivity index (χ2v) is 13.0. The smallest absolute Gasteiger partial charge is 0.341 e. The highest BCUT2D eigenvalue weighted by atomic mass is 17.3. The zero-order valence-electron chi connectivity index (χ0n) is 26.8. The molecule has 12 nitrogen and oxygen atoms in total. The summed E-state index contributed by atoms with van der Waals surface area (Å²) in [6, 6.07) is 4.89. The molecule has 45 heavy (non-hydrogen) atoms. The zero-order valence-corrected chi connectivity index (χ0v) is 26.8. The Balaban J connectivity index is 1.07. The molecule has 8 atom stereocenters. The first kappa shape index (κ1) is 31.9. The van der Waals surface area contributed by atoms with E-state index in [1.54, 1.807) is 42.2 Å². The third-order valence-corrected chi connectivity index (χ3v) is 9.92. The van der Waals surface area contributed by atoms with Gasteiger partial charge in [-0.2, -0.15) is 0 Å². The number of anilines is 1. The lowest BCUT2D eigenvalue weighted by atomic mass is 9.58. The van der Waals surface area contributed by atoms with Crippen molar-refractivity contribution in [3.63, 3.8) is 0 Å². The van der Waals surface area contributed by atoms with Crippen LogP contribution in [0.25, 0.3) is 0 Å². The average Bonchev–Trinajstić information content (AvgIpc) is 3.26. The number of amides is 1. The first-order valence-corrected chi connectivity index (χ1v) is 16.2. The van der Waals surface area contributed by atoms with Gasteiger partial charge in [0.2, 0.25) is 11.7 Å². The van der Waals surface area contributed by atoms with E-state index in [2.05, 4.69) is 24.1 Å². The number of nitrogens with one attached hydrogen (secondary N) is 1. The Hall–Kier alpha value is -3.03. The van der Waals surface area contributed by atoms with E-state index in [0.29, 0.717) is 36.3 Å². The maximum atomic E-state index is 12.6. The van der Waals surface area contributed by atoms with Crippen LogP contribution in [-0.2, 0) is 40.1 Å². The molecule has 2 bridgehead atoms. The maximum Gasteiger partial charge on any atom is 0.341 e. The van der Waals surface area contributed by atoms with E-state index >= 15 is 0 Å². The predicted molar refractivity (Wildman–Crippen MR) is 161 cm³/mol. The summed E-state index contributed by atoms with van der Waals surface area (Å²) in [5.74, 6) is -0.173. The number of esters is 1. The van der Waals surface area contributed by atoms with Gasteiger partial charge in [-0.1, -0.05) is 13.8 Å². The molecule has 1 unspecified atom stereocenters. The molecule has 1 N–H and O–H groups in total. The van der Waals surface area contributed by atoms with Crippen LogP contribution in [0.4, 0.5) is 5.69 Å². The van der Waals surface area contributed by atoms with Crippen LogP contribution in [0, 0.1) is 30.6 Å². The summed E-state index contributed by atoms with van der Waals surface area (Å²) in [6.45, 7) is 11.0. The minimum absolute atomic E-state index is 0.0774. The topological polar surface area (TPSA) is 129 Å². The molecule has 5 heterocycles. The van der Waals surface area contributed by atoms with E-state index < -0.39 is 29.9 Å². The Kier molecular flexibility index (Phi) is 9.22. The Labute approximate surface area is 263 Å². The first-order valence-electron chi connectivity index (χ1n) is 16.2. The van der Waals surface area contributed by atoms with Crippen LogP contribution >= 0.6 is 0 Å². The van der Waals surface area contributed by atoms with Crippen LogP contribution in [0.1, 0.15) is 75.9 Å². The second-order valence-electron chi connectivity index (χ2n) is 13.0. The largest absolute Gasteiger partial charge is 0.493 e. The highest BCUT2D eigenvalue weighted by Gasteiger charge is 2.69. The van der Waals surface area contributed by atoms with Crippen LogP contribution in [0.15, 0.2) is 30.7 Å². The van der Waals surface area contributed by atoms with Crippen LogP contribution in [-0.4, -0.2) is 65.2 Å². The molecule has 1 amide bonds. The van der Waals surface area contributed by atoms with Crippen molar-refractivity contribution in [1.29, 1.82) is 0 Å². The van der Waals surface area contributed by atoms with Gasteiger partial charge < -0.3 is 33.6 Å². The highest BCUT2D eigenvalue weighted by molar-refractivity contribution is 5.95. The number of aromatic nitrogens is 2. The number of rotatable bonds is 11. The summed E-state index contributed by atoms with van der Waals surface area (Å²) >= 11 is 0. The average molecular weight is 628 g/mol. The van der Waals surface area contributed by atoms with Gasteiger partial charge in [0.15, 0.2) is 18.2 Å². The zero-order chi connectivity index (χ0) is 31.8. The van der Waals surface area contributed by atoms with E-state index in [1.807, 2.05) is 13.8 Å². The lowest BCUT2D eigenvalue weighted by molar-refractivity contribution is -0.577. The van der Waals surface area contributed by atoms with E-state index in [9.17, 15) is 9.59 Å². The summed E-state index contributed by atoms with van der Waals surface area (Å²) in [6.07, 6.45) is 6.69. The Morgan fingerprint density at radius 3 is 2.76 bits per heavy atom. The van der Waals surface area contributed by atoms with E-state index in [0.717, 1.165) is 31.4 Å². The SMILES string of the molecule is CCOC(=O)c1ccc(NC(=O)Cn2cncc2C)cc1OCCCO[C@H]1O[C@@H]2O[C@@]3(C)CCC4[C@H](C)CC[C@@H]([C@H]1C)[C@]42OO3. The van der Waals surface area contributed by atoms with Crippen LogP contribution in [0.3, 0.4) is 0 Å². The molecule has 246 valence electrons. The number of imidazole rings is 1. The normalized spacial score (nSPS) is 33.6. The van der Waals surface area contributed by atoms with Crippen molar-refractivity contribution in [3.05, 3.63) is 42.0 Å². The number of ether oxygens (including phenoxy) is 5. The summed E-state index contributed by atoms with van der Waals surface area (Å²) < 4.78 is 32.2. The lowest BCUT2D eigenvalue weighted by Crippen LogP contribution is -2.70. The second kappa shape index (κ2) is 13.0. The van der Waals surface area contributed by atoms with Crippen molar-refractivity contribution >= 4 is 17.6 Å². The van der Waals surface area contributed by atoms with Gasteiger partial charge in [0.05, 0.1) is 26.1 Å². The monoisotopic (exact) mass is 627 g/mol. The molecule has 2 aromatic rings. The molecule has 0 radical (unpaired) electrons. The fourth-order valence-corrected chi connectivity index (χ4v) is 7.51. The number of carbonyl (C=O) groups excluding carboxylic acids is 2. The van der Waals surface area contributed by atoms with Gasteiger partial charge in [-0.25, -0.2) is 19.6 Å². The number of benzene rings is 1. The van der Waals surface area contributed by atoms with Crippen molar-refractivity contribution < 1.29 is 43.0 Å². The Morgan fingerprint density at radius 1 is 1.13 bits per heavy atom. The molecule has 1 spiro atoms. The minimum atomic E-state index is -0.834. The van der Waals surface area contributed by atoms with E-state index in [-0.39, 0.29) is 43.1 Å². The van der Waals surface area contributed by atoms with Crippen molar-refractivity contribution in [3.8, 4) is 5.75 Å². The lowest BCUT2D eigenvalue weighted by Gasteiger charge is -2.60.